The van der Waals surface area contributed by atoms with Gasteiger partial charge in [-0.2, -0.15) is 5.26 Å². The maximum Gasteiger partial charge on any atom is 0.248 e. The zero-order valence-corrected chi connectivity index (χ0v) is 12.3. The molecule has 0 bridgehead atoms. The number of hydrogen-bond donors (Lipinski definition) is 2. The van der Waals surface area contributed by atoms with Gasteiger partial charge in [-0.15, -0.1) is 0 Å². The second-order valence-electron chi connectivity index (χ2n) is 4.86. The van der Waals surface area contributed by atoms with Crippen molar-refractivity contribution < 1.29 is 9.59 Å². The highest BCUT2D eigenvalue weighted by molar-refractivity contribution is 8.04. The summed E-state index contributed by atoms with van der Waals surface area (Å²) < 4.78 is 0. The Hall–Kier alpha value is -2.72. The molecule has 0 radical (unpaired) electrons. The molecule has 0 aliphatic carbocycles. The molecule has 2 amide bonds. The number of nitriles is 1. The highest BCUT2D eigenvalue weighted by Crippen LogP contribution is 2.46. The van der Waals surface area contributed by atoms with Crippen molar-refractivity contribution in [1.29, 1.82) is 5.26 Å². The van der Waals surface area contributed by atoms with Crippen LogP contribution in [-0.2, 0) is 9.59 Å². The number of rotatable bonds is 2. The van der Waals surface area contributed by atoms with Gasteiger partial charge in [0.05, 0.1) is 33.9 Å². The SMILES string of the molecule is N#CC1=C(N)N2C(=O)CSC2=C(C(N)=O)[C@@H]1c1ccccc1. The fourth-order valence-electron chi connectivity index (χ4n) is 2.70. The molecule has 0 aromatic heterocycles. The van der Waals surface area contributed by atoms with Gasteiger partial charge >= 0.3 is 0 Å². The second-order valence-corrected chi connectivity index (χ2v) is 5.82. The second kappa shape index (κ2) is 5.24. The molecular formula is C15H12N4O2S. The Bertz CT molecular complexity index is 776. The topological polar surface area (TPSA) is 113 Å². The quantitative estimate of drug-likeness (QED) is 0.836. The van der Waals surface area contributed by atoms with Gasteiger partial charge in [0.1, 0.15) is 5.82 Å². The third-order valence-corrected chi connectivity index (χ3v) is 4.70. The van der Waals surface area contributed by atoms with E-state index in [-0.39, 0.29) is 28.6 Å². The molecule has 2 aliphatic rings. The number of thioether (sulfide) groups is 1. The third kappa shape index (κ3) is 1.96. The molecule has 1 fully saturated rings. The molecule has 1 aromatic rings. The average molecular weight is 312 g/mol. The fourth-order valence-corrected chi connectivity index (χ4v) is 3.79. The Morgan fingerprint density at radius 3 is 2.64 bits per heavy atom. The van der Waals surface area contributed by atoms with E-state index < -0.39 is 11.8 Å². The van der Waals surface area contributed by atoms with Crippen LogP contribution in [0.3, 0.4) is 0 Å². The minimum Gasteiger partial charge on any atom is -0.384 e. The number of nitrogens with zero attached hydrogens (tertiary/aromatic N) is 2. The maximum absolute atomic E-state index is 12.0. The largest absolute Gasteiger partial charge is 0.384 e. The summed E-state index contributed by atoms with van der Waals surface area (Å²) in [5, 5.41) is 9.92. The van der Waals surface area contributed by atoms with Gasteiger partial charge in [0.2, 0.25) is 11.8 Å². The van der Waals surface area contributed by atoms with Crippen molar-refractivity contribution in [1.82, 2.24) is 4.90 Å². The monoisotopic (exact) mass is 312 g/mol. The van der Waals surface area contributed by atoms with Gasteiger partial charge in [-0.05, 0) is 5.56 Å². The van der Waals surface area contributed by atoms with E-state index >= 15 is 0 Å². The lowest BCUT2D eigenvalue weighted by Crippen LogP contribution is -2.37. The van der Waals surface area contributed by atoms with Crippen molar-refractivity contribution in [2.75, 3.05) is 5.75 Å². The van der Waals surface area contributed by atoms with E-state index in [2.05, 4.69) is 0 Å². The number of amides is 2. The normalized spacial score (nSPS) is 21.0. The van der Waals surface area contributed by atoms with E-state index in [9.17, 15) is 14.9 Å². The van der Waals surface area contributed by atoms with Gasteiger partial charge in [0, 0.05) is 0 Å². The van der Waals surface area contributed by atoms with Crippen molar-refractivity contribution in [3.05, 3.63) is 57.9 Å². The van der Waals surface area contributed by atoms with Crippen molar-refractivity contribution in [3.8, 4) is 6.07 Å². The summed E-state index contributed by atoms with van der Waals surface area (Å²) in [5.41, 5.74) is 12.7. The molecule has 22 heavy (non-hydrogen) atoms. The van der Waals surface area contributed by atoms with Crippen LogP contribution in [-0.4, -0.2) is 22.5 Å². The van der Waals surface area contributed by atoms with E-state index in [0.717, 1.165) is 5.56 Å². The predicted octanol–water partition coefficient (Wildman–Crippen LogP) is 0.750. The number of fused-ring (bicyclic) bond motifs is 1. The molecular weight excluding hydrogens is 300 g/mol. The van der Waals surface area contributed by atoms with Crippen LogP contribution < -0.4 is 11.5 Å². The van der Waals surface area contributed by atoms with Gasteiger partial charge in [0.25, 0.3) is 0 Å². The summed E-state index contributed by atoms with van der Waals surface area (Å²) in [6.45, 7) is 0. The first-order chi connectivity index (χ1) is 10.6. The number of primary amides is 1. The van der Waals surface area contributed by atoms with Crippen LogP contribution in [0, 0.1) is 11.3 Å². The van der Waals surface area contributed by atoms with Gasteiger partial charge in [-0.3, -0.25) is 14.5 Å². The molecule has 0 saturated carbocycles. The van der Waals surface area contributed by atoms with E-state index in [1.54, 1.807) is 12.1 Å². The lowest BCUT2D eigenvalue weighted by molar-refractivity contribution is -0.124. The fraction of sp³-hybridized carbons (Fsp3) is 0.133. The average Bonchev–Trinajstić information content (AvgIpc) is 2.89. The lowest BCUT2D eigenvalue weighted by Gasteiger charge is -2.31. The molecule has 0 unspecified atom stereocenters. The molecule has 0 spiro atoms. The van der Waals surface area contributed by atoms with Crippen LogP contribution in [0.4, 0.5) is 0 Å². The van der Waals surface area contributed by atoms with E-state index in [0.29, 0.717) is 5.03 Å². The van der Waals surface area contributed by atoms with Crippen molar-refractivity contribution >= 4 is 23.6 Å². The van der Waals surface area contributed by atoms with E-state index in [4.69, 9.17) is 11.5 Å². The molecule has 3 rings (SSSR count). The van der Waals surface area contributed by atoms with Crippen molar-refractivity contribution in [2.24, 2.45) is 11.5 Å². The van der Waals surface area contributed by atoms with Crippen LogP contribution in [0.2, 0.25) is 0 Å². The number of allylic oxidation sites excluding steroid dienone is 1. The molecule has 2 heterocycles. The van der Waals surface area contributed by atoms with E-state index in [1.165, 1.54) is 16.7 Å². The Balaban J connectivity index is 2.28. The smallest absolute Gasteiger partial charge is 0.248 e. The number of carbonyl (C=O) groups excluding carboxylic acids is 2. The van der Waals surface area contributed by atoms with Crippen LogP contribution in [0.25, 0.3) is 0 Å². The van der Waals surface area contributed by atoms with Gasteiger partial charge in [-0.25, -0.2) is 0 Å². The zero-order chi connectivity index (χ0) is 15.9. The number of carbonyl (C=O) groups is 2. The minimum atomic E-state index is -0.656. The van der Waals surface area contributed by atoms with Crippen molar-refractivity contribution in [2.45, 2.75) is 5.92 Å². The minimum absolute atomic E-state index is 0.0753. The third-order valence-electron chi connectivity index (χ3n) is 3.63. The molecule has 6 nitrogen and oxygen atoms in total. The Morgan fingerprint density at radius 2 is 2.05 bits per heavy atom. The molecule has 110 valence electrons. The Kier molecular flexibility index (Phi) is 3.39. The summed E-state index contributed by atoms with van der Waals surface area (Å²) in [5.74, 6) is -1.31. The first kappa shape index (κ1) is 14.2. The zero-order valence-electron chi connectivity index (χ0n) is 11.4. The molecule has 7 heteroatoms. The van der Waals surface area contributed by atoms with Crippen LogP contribution in [0.15, 0.2) is 52.3 Å². The number of nitrogens with two attached hydrogens (primary N) is 2. The summed E-state index contributed by atoms with van der Waals surface area (Å²) >= 11 is 1.22. The van der Waals surface area contributed by atoms with E-state index in [1.807, 2.05) is 24.3 Å². The molecule has 1 saturated heterocycles. The summed E-state index contributed by atoms with van der Waals surface area (Å²) in [6, 6.07) is 11.1. The number of benzene rings is 1. The summed E-state index contributed by atoms with van der Waals surface area (Å²) in [4.78, 5) is 25.2. The molecule has 4 N–H and O–H groups in total. The first-order valence-electron chi connectivity index (χ1n) is 6.50. The Labute approximate surface area is 131 Å². The molecule has 1 aromatic carbocycles. The highest BCUT2D eigenvalue weighted by atomic mass is 32.2. The van der Waals surface area contributed by atoms with Gasteiger partial charge in [0.15, 0.2) is 0 Å². The van der Waals surface area contributed by atoms with Gasteiger partial charge < -0.3 is 11.5 Å². The van der Waals surface area contributed by atoms with Gasteiger partial charge in [-0.1, -0.05) is 42.1 Å². The van der Waals surface area contributed by atoms with Crippen LogP contribution in [0.5, 0.6) is 0 Å². The van der Waals surface area contributed by atoms with Crippen LogP contribution in [0.1, 0.15) is 11.5 Å². The first-order valence-corrected chi connectivity index (χ1v) is 7.49. The number of hydrogen-bond acceptors (Lipinski definition) is 5. The van der Waals surface area contributed by atoms with Crippen LogP contribution >= 0.6 is 11.8 Å². The molecule has 1 atom stereocenters. The summed E-state index contributed by atoms with van der Waals surface area (Å²) in [6.07, 6.45) is 0. The standard InChI is InChI=1S/C15H12N4O2S/c16-6-9-11(8-4-2-1-3-5-8)12(14(18)21)15-19(13(9)17)10(20)7-22-15/h1-5,11H,7,17H2,(H2,18,21)/t11-/m1/s1. The van der Waals surface area contributed by atoms with Crippen molar-refractivity contribution in [3.63, 3.8) is 0 Å². The predicted molar refractivity (Wildman–Crippen MR) is 81.5 cm³/mol. The molecule has 2 aliphatic heterocycles. The Morgan fingerprint density at radius 1 is 1.36 bits per heavy atom. The maximum atomic E-state index is 12.0. The lowest BCUT2D eigenvalue weighted by atomic mass is 9.83. The summed E-state index contributed by atoms with van der Waals surface area (Å²) in [7, 11) is 0. The highest BCUT2D eigenvalue weighted by Gasteiger charge is 2.43.